The molecule has 0 spiro atoms. The van der Waals surface area contributed by atoms with Crippen LogP contribution in [0.1, 0.15) is 0 Å². The molecule has 0 aliphatic carbocycles. The highest BCUT2D eigenvalue weighted by Crippen LogP contribution is 2.31. The van der Waals surface area contributed by atoms with Crippen LogP contribution < -0.4 is 15.5 Å². The number of carbonyl (C=O) groups is 1. The number of carbonyl (C=O) groups excluding carboxylic acids is 1. The van der Waals surface area contributed by atoms with Crippen LogP contribution in [0.15, 0.2) is 24.3 Å². The Labute approximate surface area is 143 Å². The summed E-state index contributed by atoms with van der Waals surface area (Å²) in [5.74, 6) is 0. The zero-order chi connectivity index (χ0) is 16.7. The fourth-order valence-corrected chi connectivity index (χ4v) is 4.14. The second kappa shape index (κ2) is 6.48. The van der Waals surface area contributed by atoms with Gasteiger partial charge in [-0.15, -0.1) is 0 Å². The molecule has 0 aromatic heterocycles. The van der Waals surface area contributed by atoms with Crippen molar-refractivity contribution in [3.8, 4) is 0 Å². The van der Waals surface area contributed by atoms with Gasteiger partial charge in [-0.2, -0.15) is 0 Å². The minimum absolute atomic E-state index is 0.219. The van der Waals surface area contributed by atoms with Gasteiger partial charge in [0.05, 0.1) is 25.3 Å². The van der Waals surface area contributed by atoms with E-state index in [-0.39, 0.29) is 18.3 Å². The Kier molecular flexibility index (Phi) is 4.35. The highest BCUT2D eigenvalue weighted by molar-refractivity contribution is 7.13. The Hall–Kier alpha value is -1.40. The lowest BCUT2D eigenvalue weighted by Crippen LogP contribution is -2.50. The summed E-state index contributed by atoms with van der Waals surface area (Å²) in [5, 5.41) is 0. The Morgan fingerprint density at radius 2 is 1.92 bits per heavy atom. The largest absolute Gasteiger partial charge is 0.443 e. The number of morpholine rings is 1. The van der Waals surface area contributed by atoms with Crippen LogP contribution in [-0.4, -0.2) is 68.3 Å². The number of hydrogen-bond donors (Lipinski definition) is 1. The van der Waals surface area contributed by atoms with Crippen molar-refractivity contribution in [3.05, 3.63) is 24.3 Å². The van der Waals surface area contributed by atoms with Gasteiger partial charge in [0.15, 0.2) is 0 Å². The van der Waals surface area contributed by atoms with Gasteiger partial charge in [-0.3, -0.25) is 9.57 Å². The minimum Gasteiger partial charge on any atom is -0.443 e. The van der Waals surface area contributed by atoms with E-state index >= 15 is 0 Å². The molecular weight excluding hydrogens is 327 g/mol. The molecule has 3 fully saturated rings. The summed E-state index contributed by atoms with van der Waals surface area (Å²) in [6.07, 6.45) is -0.280. The van der Waals surface area contributed by atoms with Crippen LogP contribution in [0.25, 0.3) is 0 Å². The first-order chi connectivity index (χ1) is 11.7. The molecule has 0 radical (unpaired) electrons. The molecule has 2 N–H and O–H groups in total. The summed E-state index contributed by atoms with van der Waals surface area (Å²) in [6, 6.07) is 8.49. The summed E-state index contributed by atoms with van der Waals surface area (Å²) < 4.78 is 13.3. The summed E-state index contributed by atoms with van der Waals surface area (Å²) >= 11 is 0. The maximum absolute atomic E-state index is 11.9. The number of ether oxygens (including phenoxy) is 2. The zero-order valence-corrected chi connectivity index (χ0v) is 14.7. The lowest BCUT2D eigenvalue weighted by Gasteiger charge is -2.38. The lowest BCUT2D eigenvalue weighted by molar-refractivity contribution is 0.0334. The number of anilines is 2. The number of cyclic esters (lactones) is 1. The van der Waals surface area contributed by atoms with E-state index in [9.17, 15) is 4.79 Å². The summed E-state index contributed by atoms with van der Waals surface area (Å²) in [6.45, 7) is 4.43. The summed E-state index contributed by atoms with van der Waals surface area (Å²) in [4.78, 5) is 16.0. The van der Waals surface area contributed by atoms with E-state index in [1.165, 1.54) is 5.69 Å². The molecule has 0 bridgehead atoms. The van der Waals surface area contributed by atoms with Gasteiger partial charge in [0, 0.05) is 37.6 Å². The second-order valence-electron chi connectivity index (χ2n) is 6.49. The third-order valence-corrected chi connectivity index (χ3v) is 5.38. The number of rotatable bonds is 3. The number of hydrogen-bond acceptors (Lipinski definition) is 6. The Balaban J connectivity index is 1.51. The van der Waals surface area contributed by atoms with Gasteiger partial charge in [-0.1, -0.05) is 9.39 Å². The van der Waals surface area contributed by atoms with Crippen molar-refractivity contribution in [3.63, 3.8) is 0 Å². The van der Waals surface area contributed by atoms with Crippen molar-refractivity contribution in [1.29, 1.82) is 0 Å². The number of amides is 1. The molecule has 4 rings (SSSR count). The molecular formula is C16H23N4O3P. The molecule has 1 aromatic carbocycles. The standard InChI is InChI=1S/C16H23N4O3P/c17-7-13-8-20(16(21)23-13)12-3-1-11(2-4-12)19-5-6-22-15-10-18(24)9-14(15)19/h1-4,13-15H,5-10,17,24H2. The Bertz CT molecular complexity index is 614. The van der Waals surface area contributed by atoms with Gasteiger partial charge in [-0.25, -0.2) is 4.79 Å². The quantitative estimate of drug-likeness (QED) is 0.807. The van der Waals surface area contributed by atoms with Gasteiger partial charge in [0.1, 0.15) is 6.10 Å². The third kappa shape index (κ3) is 2.86. The number of benzene rings is 1. The molecule has 3 saturated heterocycles. The van der Waals surface area contributed by atoms with E-state index in [0.717, 1.165) is 31.9 Å². The summed E-state index contributed by atoms with van der Waals surface area (Å²) in [5.41, 5.74) is 7.61. The average molecular weight is 350 g/mol. The van der Waals surface area contributed by atoms with Crippen LogP contribution in [0, 0.1) is 0 Å². The van der Waals surface area contributed by atoms with Crippen molar-refractivity contribution >= 4 is 26.9 Å². The van der Waals surface area contributed by atoms with Crippen molar-refractivity contribution in [2.75, 3.05) is 49.1 Å². The van der Waals surface area contributed by atoms with Crippen molar-refractivity contribution < 1.29 is 14.3 Å². The van der Waals surface area contributed by atoms with E-state index in [4.69, 9.17) is 15.2 Å². The maximum atomic E-state index is 11.9. The van der Waals surface area contributed by atoms with Crippen molar-refractivity contribution in [2.24, 2.45) is 5.73 Å². The predicted octanol–water partition coefficient (Wildman–Crippen LogP) is 0.650. The average Bonchev–Trinajstić information content (AvgIpc) is 3.16. The molecule has 8 heteroatoms. The summed E-state index contributed by atoms with van der Waals surface area (Å²) in [7, 11) is 2.77. The Morgan fingerprint density at radius 3 is 2.62 bits per heavy atom. The van der Waals surface area contributed by atoms with Crippen molar-refractivity contribution in [1.82, 2.24) is 4.67 Å². The van der Waals surface area contributed by atoms with E-state index in [0.29, 0.717) is 19.1 Å². The molecule has 1 aromatic rings. The molecule has 7 nitrogen and oxygen atoms in total. The lowest BCUT2D eigenvalue weighted by atomic mass is 10.1. The smallest absolute Gasteiger partial charge is 0.414 e. The van der Waals surface area contributed by atoms with Crippen LogP contribution in [0.2, 0.25) is 0 Å². The van der Waals surface area contributed by atoms with E-state index in [2.05, 4.69) is 31.1 Å². The molecule has 24 heavy (non-hydrogen) atoms. The van der Waals surface area contributed by atoms with Gasteiger partial charge >= 0.3 is 6.09 Å². The molecule has 1 amide bonds. The third-order valence-electron chi connectivity index (χ3n) is 4.96. The van der Waals surface area contributed by atoms with Gasteiger partial charge in [0.2, 0.25) is 0 Å². The van der Waals surface area contributed by atoms with E-state index in [1.807, 2.05) is 12.1 Å². The van der Waals surface area contributed by atoms with Gasteiger partial charge in [-0.05, 0) is 24.3 Å². The highest BCUT2D eigenvalue weighted by atomic mass is 31.0. The molecule has 3 aliphatic heterocycles. The minimum atomic E-state index is -0.320. The van der Waals surface area contributed by atoms with Gasteiger partial charge < -0.3 is 20.1 Å². The molecule has 0 saturated carbocycles. The second-order valence-corrected chi connectivity index (χ2v) is 7.22. The Morgan fingerprint density at radius 1 is 1.17 bits per heavy atom. The van der Waals surface area contributed by atoms with Gasteiger partial charge in [0.25, 0.3) is 0 Å². The number of nitrogens with zero attached hydrogens (tertiary/aromatic N) is 3. The van der Waals surface area contributed by atoms with Crippen LogP contribution in [0.4, 0.5) is 16.2 Å². The van der Waals surface area contributed by atoms with Crippen LogP contribution in [-0.2, 0) is 9.47 Å². The molecule has 3 aliphatic rings. The van der Waals surface area contributed by atoms with Crippen LogP contribution in [0.5, 0.6) is 0 Å². The fourth-order valence-electron chi connectivity index (χ4n) is 3.72. The normalized spacial score (nSPS) is 30.6. The van der Waals surface area contributed by atoms with E-state index < -0.39 is 0 Å². The van der Waals surface area contributed by atoms with Crippen LogP contribution in [0.3, 0.4) is 0 Å². The highest BCUT2D eigenvalue weighted by Gasteiger charge is 2.39. The monoisotopic (exact) mass is 350 g/mol. The number of nitrogens with two attached hydrogens (primary N) is 1. The topological polar surface area (TPSA) is 71.3 Å². The number of fused-ring (bicyclic) bond motifs is 1. The van der Waals surface area contributed by atoms with E-state index in [1.54, 1.807) is 4.90 Å². The molecule has 130 valence electrons. The SMILES string of the molecule is NCC1CN(c2ccc(N3CCOC4CN(P)CC43)cc2)C(=O)O1. The molecule has 3 heterocycles. The molecule has 4 unspecified atom stereocenters. The first kappa shape index (κ1) is 16.1. The maximum Gasteiger partial charge on any atom is 0.414 e. The predicted molar refractivity (Wildman–Crippen MR) is 95.3 cm³/mol. The zero-order valence-electron chi connectivity index (χ0n) is 13.5. The van der Waals surface area contributed by atoms with Crippen molar-refractivity contribution in [2.45, 2.75) is 18.2 Å². The first-order valence-corrected chi connectivity index (χ1v) is 8.83. The fraction of sp³-hybridized carbons (Fsp3) is 0.562. The first-order valence-electron chi connectivity index (χ1n) is 8.32. The molecule has 4 atom stereocenters. The van der Waals surface area contributed by atoms with Crippen LogP contribution >= 0.6 is 9.39 Å².